The van der Waals surface area contributed by atoms with Gasteiger partial charge in [0.2, 0.25) is 10.0 Å². The number of ether oxygens (including phenoxy) is 3. The molecular formula is C22H25ClN2O7S. The van der Waals surface area contributed by atoms with E-state index in [-0.39, 0.29) is 22.0 Å². The van der Waals surface area contributed by atoms with E-state index in [0.717, 1.165) is 18.4 Å². The molecule has 1 fully saturated rings. The molecule has 1 heterocycles. The van der Waals surface area contributed by atoms with Gasteiger partial charge in [0.25, 0.3) is 5.91 Å². The molecule has 1 aliphatic rings. The summed E-state index contributed by atoms with van der Waals surface area (Å²) in [6.07, 6.45) is 1.55. The average molecular weight is 497 g/mol. The Kier molecular flexibility index (Phi) is 8.17. The second kappa shape index (κ2) is 10.9. The van der Waals surface area contributed by atoms with Crippen molar-refractivity contribution in [3.63, 3.8) is 0 Å². The fraction of sp³-hybridized carbons (Fsp3) is 0.364. The number of halogens is 1. The van der Waals surface area contributed by atoms with E-state index in [1.807, 2.05) is 0 Å². The lowest BCUT2D eigenvalue weighted by atomic mass is 10.2. The number of benzene rings is 2. The summed E-state index contributed by atoms with van der Waals surface area (Å²) in [4.78, 5) is 24.4. The molecule has 0 unspecified atom stereocenters. The molecule has 0 radical (unpaired) electrons. The number of amides is 1. The minimum atomic E-state index is -3.81. The first kappa shape index (κ1) is 24.8. The van der Waals surface area contributed by atoms with Crippen molar-refractivity contribution in [3.05, 3.63) is 52.5 Å². The lowest BCUT2D eigenvalue weighted by Gasteiger charge is -2.17. The monoisotopic (exact) mass is 496 g/mol. The molecule has 3 rings (SSSR count). The Bertz CT molecular complexity index is 1130. The maximum atomic E-state index is 12.8. The zero-order valence-electron chi connectivity index (χ0n) is 18.3. The van der Waals surface area contributed by atoms with Gasteiger partial charge in [0.05, 0.1) is 24.8 Å². The summed E-state index contributed by atoms with van der Waals surface area (Å²) in [6.45, 7) is 0.486. The van der Waals surface area contributed by atoms with E-state index >= 15 is 0 Å². The normalized spacial score (nSPS) is 14.0. The summed E-state index contributed by atoms with van der Waals surface area (Å²) >= 11 is 6.09. The van der Waals surface area contributed by atoms with Crippen molar-refractivity contribution in [1.82, 2.24) is 9.62 Å². The van der Waals surface area contributed by atoms with Crippen molar-refractivity contribution in [2.24, 2.45) is 0 Å². The molecular weight excluding hydrogens is 472 g/mol. The zero-order valence-corrected chi connectivity index (χ0v) is 19.9. The van der Waals surface area contributed by atoms with Crippen LogP contribution in [0.3, 0.4) is 0 Å². The van der Waals surface area contributed by atoms with Crippen molar-refractivity contribution < 1.29 is 32.2 Å². The molecule has 0 bridgehead atoms. The van der Waals surface area contributed by atoms with Crippen LogP contribution in [0, 0.1) is 0 Å². The van der Waals surface area contributed by atoms with Gasteiger partial charge in [0.15, 0.2) is 18.1 Å². The molecule has 1 saturated heterocycles. The Morgan fingerprint density at radius 3 is 2.39 bits per heavy atom. The van der Waals surface area contributed by atoms with Crippen LogP contribution in [0.15, 0.2) is 41.3 Å². The van der Waals surface area contributed by atoms with E-state index in [0.29, 0.717) is 24.6 Å². The first-order valence-corrected chi connectivity index (χ1v) is 12.0. The summed E-state index contributed by atoms with van der Waals surface area (Å²) < 4.78 is 42.4. The van der Waals surface area contributed by atoms with Gasteiger partial charge < -0.3 is 19.5 Å². The molecule has 2 aromatic carbocycles. The lowest BCUT2D eigenvalue weighted by molar-refractivity contribution is -0.124. The van der Waals surface area contributed by atoms with Gasteiger partial charge in [-0.1, -0.05) is 17.7 Å². The first-order valence-electron chi connectivity index (χ1n) is 10.2. The van der Waals surface area contributed by atoms with E-state index in [2.05, 4.69) is 5.32 Å². The molecule has 9 nitrogen and oxygen atoms in total. The van der Waals surface area contributed by atoms with Crippen molar-refractivity contribution in [3.8, 4) is 11.5 Å². The van der Waals surface area contributed by atoms with Gasteiger partial charge in [-0.3, -0.25) is 4.79 Å². The van der Waals surface area contributed by atoms with Crippen LogP contribution in [-0.2, 0) is 26.1 Å². The standard InChI is InChI=1S/C22H25ClN2O7S/c1-30-18-8-5-15(11-19(18)31-2)13-24-21(26)14-32-22(27)16-6-7-17(23)20(12-16)33(28,29)25-9-3-4-10-25/h5-8,11-12H,3-4,9-10,13-14H2,1-2H3,(H,24,26). The predicted octanol–water partition coefficient (Wildman–Crippen LogP) is 2.61. The van der Waals surface area contributed by atoms with E-state index in [1.165, 1.54) is 36.7 Å². The molecule has 0 saturated carbocycles. The van der Waals surface area contributed by atoms with Gasteiger partial charge in [-0.15, -0.1) is 0 Å². The molecule has 1 N–H and O–H groups in total. The third-order valence-corrected chi connectivity index (χ3v) is 7.50. The minimum absolute atomic E-state index is 0.00939. The lowest BCUT2D eigenvalue weighted by Crippen LogP contribution is -2.29. The van der Waals surface area contributed by atoms with Crippen LogP contribution in [0.4, 0.5) is 0 Å². The molecule has 2 aromatic rings. The molecule has 1 amide bonds. The van der Waals surface area contributed by atoms with Gasteiger partial charge in [0.1, 0.15) is 4.90 Å². The number of nitrogens with zero attached hydrogens (tertiary/aromatic N) is 1. The van der Waals surface area contributed by atoms with Crippen LogP contribution in [0.25, 0.3) is 0 Å². The summed E-state index contributed by atoms with van der Waals surface area (Å²) in [5.74, 6) is -0.253. The number of hydrogen-bond acceptors (Lipinski definition) is 7. The minimum Gasteiger partial charge on any atom is -0.493 e. The number of esters is 1. The Morgan fingerprint density at radius 2 is 1.73 bits per heavy atom. The molecule has 0 spiro atoms. The Labute approximate surface area is 197 Å². The number of nitrogens with one attached hydrogen (secondary N) is 1. The van der Waals surface area contributed by atoms with Crippen LogP contribution in [0.2, 0.25) is 5.02 Å². The Hall–Kier alpha value is -2.82. The van der Waals surface area contributed by atoms with Crippen LogP contribution >= 0.6 is 11.6 Å². The fourth-order valence-electron chi connectivity index (χ4n) is 3.35. The second-order valence-electron chi connectivity index (χ2n) is 7.30. The highest BCUT2D eigenvalue weighted by atomic mass is 35.5. The second-order valence-corrected chi connectivity index (χ2v) is 9.61. The molecule has 0 aliphatic carbocycles. The van der Waals surface area contributed by atoms with Crippen LogP contribution in [0.5, 0.6) is 11.5 Å². The van der Waals surface area contributed by atoms with E-state index in [4.69, 9.17) is 25.8 Å². The number of methoxy groups -OCH3 is 2. The van der Waals surface area contributed by atoms with Crippen LogP contribution in [0.1, 0.15) is 28.8 Å². The van der Waals surface area contributed by atoms with Crippen molar-refractivity contribution in [2.45, 2.75) is 24.3 Å². The summed E-state index contributed by atoms with van der Waals surface area (Å²) in [7, 11) is -0.773. The number of carbonyl (C=O) groups excluding carboxylic acids is 2. The topological polar surface area (TPSA) is 111 Å². The molecule has 178 valence electrons. The molecule has 1 aliphatic heterocycles. The fourth-order valence-corrected chi connectivity index (χ4v) is 5.37. The van der Waals surface area contributed by atoms with E-state index in [1.54, 1.807) is 18.2 Å². The number of carbonyl (C=O) groups is 2. The van der Waals surface area contributed by atoms with Gasteiger partial charge in [-0.2, -0.15) is 4.31 Å². The zero-order chi connectivity index (χ0) is 24.0. The summed E-state index contributed by atoms with van der Waals surface area (Å²) in [6, 6.07) is 9.08. The first-order chi connectivity index (χ1) is 15.8. The van der Waals surface area contributed by atoms with Crippen molar-refractivity contribution in [2.75, 3.05) is 33.9 Å². The third kappa shape index (κ3) is 5.95. The SMILES string of the molecule is COc1ccc(CNC(=O)COC(=O)c2ccc(Cl)c(S(=O)(=O)N3CCCC3)c2)cc1OC. The van der Waals surface area contributed by atoms with Crippen molar-refractivity contribution >= 4 is 33.5 Å². The highest BCUT2D eigenvalue weighted by molar-refractivity contribution is 7.89. The third-order valence-electron chi connectivity index (χ3n) is 5.12. The molecule has 0 aromatic heterocycles. The van der Waals surface area contributed by atoms with E-state index in [9.17, 15) is 18.0 Å². The largest absolute Gasteiger partial charge is 0.493 e. The number of hydrogen-bond donors (Lipinski definition) is 1. The summed E-state index contributed by atoms with van der Waals surface area (Å²) in [5.41, 5.74) is 0.756. The molecule has 11 heteroatoms. The predicted molar refractivity (Wildman–Crippen MR) is 121 cm³/mol. The van der Waals surface area contributed by atoms with Gasteiger partial charge >= 0.3 is 5.97 Å². The van der Waals surface area contributed by atoms with E-state index < -0.39 is 28.5 Å². The maximum absolute atomic E-state index is 12.8. The Morgan fingerprint density at radius 1 is 1.03 bits per heavy atom. The highest BCUT2D eigenvalue weighted by Gasteiger charge is 2.30. The average Bonchev–Trinajstić information content (AvgIpc) is 3.37. The van der Waals surface area contributed by atoms with Gasteiger partial charge in [-0.05, 0) is 48.7 Å². The van der Waals surface area contributed by atoms with Gasteiger partial charge in [-0.25, -0.2) is 13.2 Å². The molecule has 33 heavy (non-hydrogen) atoms. The molecule has 0 atom stereocenters. The maximum Gasteiger partial charge on any atom is 0.338 e. The number of rotatable bonds is 9. The van der Waals surface area contributed by atoms with Crippen LogP contribution in [-0.4, -0.2) is 58.5 Å². The van der Waals surface area contributed by atoms with Crippen molar-refractivity contribution in [1.29, 1.82) is 0 Å². The summed E-state index contributed by atoms with van der Waals surface area (Å²) in [5, 5.41) is 2.66. The smallest absolute Gasteiger partial charge is 0.338 e. The number of sulfonamides is 1. The highest BCUT2D eigenvalue weighted by Crippen LogP contribution is 2.29. The quantitative estimate of drug-likeness (QED) is 0.531. The van der Waals surface area contributed by atoms with Gasteiger partial charge in [0, 0.05) is 19.6 Å². The van der Waals surface area contributed by atoms with Crippen LogP contribution < -0.4 is 14.8 Å². The Balaban J connectivity index is 1.59.